The molecule has 0 fully saturated rings. The number of benzene rings is 1. The Morgan fingerprint density at radius 3 is 2.36 bits per heavy atom. The normalized spacial score (nSPS) is 15.9. The van der Waals surface area contributed by atoms with Crippen molar-refractivity contribution in [3.8, 4) is 0 Å². The molecule has 0 bridgehead atoms. The predicted octanol–water partition coefficient (Wildman–Crippen LogP) is 2.22. The number of hydrogen-bond donors (Lipinski definition) is 0. The Kier molecular flexibility index (Phi) is 2.68. The van der Waals surface area contributed by atoms with Crippen LogP contribution in [0.5, 0.6) is 0 Å². The molecule has 0 heterocycles. The molecule has 0 amide bonds. The molecule has 0 radical (unpaired) electrons. The second kappa shape index (κ2) is 3.37. The molecule has 1 unspecified atom stereocenters. The monoisotopic (exact) mass is 188 g/mol. The quantitative estimate of drug-likeness (QED) is 0.493. The van der Waals surface area contributed by atoms with Gasteiger partial charge in [-0.25, -0.2) is 0 Å². The molecule has 0 saturated carbocycles. The van der Waals surface area contributed by atoms with Crippen molar-refractivity contribution >= 4 is 23.6 Å². The van der Waals surface area contributed by atoms with Gasteiger partial charge in [-0.1, -0.05) is 30.3 Å². The van der Waals surface area contributed by atoms with E-state index in [9.17, 15) is 4.39 Å². The number of alkyl halides is 1. The molecule has 0 aromatic heterocycles. The van der Waals surface area contributed by atoms with Crippen LogP contribution in [0.4, 0.5) is 4.39 Å². The third-order valence-corrected chi connectivity index (χ3v) is 4.62. The van der Waals surface area contributed by atoms with Gasteiger partial charge in [-0.2, -0.15) is 11.1 Å². The van der Waals surface area contributed by atoms with Crippen molar-refractivity contribution < 1.29 is 4.39 Å². The van der Waals surface area contributed by atoms with Crippen molar-refractivity contribution in [2.75, 3.05) is 6.30 Å². The van der Waals surface area contributed by atoms with E-state index >= 15 is 0 Å². The van der Waals surface area contributed by atoms with E-state index in [0.717, 1.165) is 5.19 Å². The van der Waals surface area contributed by atoms with Crippen LogP contribution in [0.15, 0.2) is 30.3 Å². The highest BCUT2D eigenvalue weighted by Gasteiger charge is 2.26. The van der Waals surface area contributed by atoms with Gasteiger partial charge in [-0.05, 0) is 11.7 Å². The molecule has 0 aliphatic heterocycles. The summed E-state index contributed by atoms with van der Waals surface area (Å²) in [6.45, 7) is 1.81. The van der Waals surface area contributed by atoms with Crippen LogP contribution < -0.4 is 5.19 Å². The highest BCUT2D eigenvalue weighted by molar-refractivity contribution is 7.26. The van der Waals surface area contributed by atoms with E-state index in [0.29, 0.717) is 0 Å². The van der Waals surface area contributed by atoms with Crippen LogP contribution >= 0.6 is 11.1 Å². The minimum absolute atomic E-state index is 0.404. The third-order valence-electron chi connectivity index (χ3n) is 1.63. The summed E-state index contributed by atoms with van der Waals surface area (Å²) in [7, 11) is -2.25. The molecule has 0 aliphatic rings. The SMILES string of the molecule is C[Si](Cl)(CF)c1ccccc1. The van der Waals surface area contributed by atoms with Gasteiger partial charge < -0.3 is 0 Å². The standard InChI is InChI=1S/C8H10ClFSi/c1-11(9,7-10)8-5-3-2-4-6-8/h2-6H,7H2,1H3. The van der Waals surface area contributed by atoms with Gasteiger partial charge >= 0.3 is 0 Å². The zero-order valence-corrected chi connectivity index (χ0v) is 8.11. The first kappa shape index (κ1) is 8.75. The number of hydrogen-bond acceptors (Lipinski definition) is 0. The van der Waals surface area contributed by atoms with E-state index in [1.165, 1.54) is 0 Å². The summed E-state index contributed by atoms with van der Waals surface area (Å²) in [6.07, 6.45) is -0.404. The van der Waals surface area contributed by atoms with Gasteiger partial charge in [-0.3, -0.25) is 4.39 Å². The number of rotatable bonds is 2. The van der Waals surface area contributed by atoms with Gasteiger partial charge in [0.2, 0.25) is 7.38 Å². The largest absolute Gasteiger partial charge is 0.253 e. The van der Waals surface area contributed by atoms with Crippen molar-refractivity contribution in [2.24, 2.45) is 0 Å². The lowest BCUT2D eigenvalue weighted by Gasteiger charge is -2.14. The van der Waals surface area contributed by atoms with Crippen molar-refractivity contribution in [2.45, 2.75) is 6.55 Å². The summed E-state index contributed by atoms with van der Waals surface area (Å²) in [5, 5.41) is 0.962. The molecule has 1 atom stereocenters. The first-order chi connectivity index (χ1) is 5.17. The molecule has 3 heteroatoms. The van der Waals surface area contributed by atoms with E-state index in [2.05, 4.69) is 0 Å². The van der Waals surface area contributed by atoms with Crippen LogP contribution in [0.1, 0.15) is 0 Å². The zero-order valence-electron chi connectivity index (χ0n) is 6.35. The lowest BCUT2D eigenvalue weighted by molar-refractivity contribution is 0.588. The third kappa shape index (κ3) is 2.04. The van der Waals surface area contributed by atoms with Crippen LogP contribution in [0.2, 0.25) is 6.55 Å². The smallest absolute Gasteiger partial charge is 0.215 e. The molecule has 0 nitrogen and oxygen atoms in total. The van der Waals surface area contributed by atoms with Crippen LogP contribution in [0.25, 0.3) is 0 Å². The molecule has 11 heavy (non-hydrogen) atoms. The van der Waals surface area contributed by atoms with Crippen molar-refractivity contribution in [1.29, 1.82) is 0 Å². The van der Waals surface area contributed by atoms with Gasteiger partial charge in [0.15, 0.2) is 0 Å². The highest BCUT2D eigenvalue weighted by Crippen LogP contribution is 2.08. The van der Waals surface area contributed by atoms with Crippen molar-refractivity contribution in [1.82, 2.24) is 0 Å². The van der Waals surface area contributed by atoms with E-state index in [-0.39, 0.29) is 0 Å². The average Bonchev–Trinajstić information content (AvgIpc) is 2.06. The second-order valence-corrected chi connectivity index (χ2v) is 8.44. The topological polar surface area (TPSA) is 0 Å². The molecule has 1 aromatic carbocycles. The van der Waals surface area contributed by atoms with Gasteiger partial charge in [0, 0.05) is 0 Å². The molecular weight excluding hydrogens is 179 g/mol. The number of halogens is 2. The van der Waals surface area contributed by atoms with Gasteiger partial charge in [0.05, 0.1) is 0 Å². The summed E-state index contributed by atoms with van der Waals surface area (Å²) in [4.78, 5) is 0. The fourth-order valence-electron chi connectivity index (χ4n) is 0.863. The van der Waals surface area contributed by atoms with E-state index in [1.807, 2.05) is 36.9 Å². The van der Waals surface area contributed by atoms with Crippen LogP contribution in [0.3, 0.4) is 0 Å². The van der Waals surface area contributed by atoms with Crippen LogP contribution in [-0.2, 0) is 0 Å². The average molecular weight is 189 g/mol. The van der Waals surface area contributed by atoms with Gasteiger partial charge in [0.25, 0.3) is 0 Å². The Morgan fingerprint density at radius 2 is 1.91 bits per heavy atom. The fraction of sp³-hybridized carbons (Fsp3) is 0.250. The Labute approximate surface area is 71.7 Å². The minimum Gasteiger partial charge on any atom is -0.253 e. The minimum atomic E-state index is -2.25. The lowest BCUT2D eigenvalue weighted by atomic mass is 10.4. The predicted molar refractivity (Wildman–Crippen MR) is 49.5 cm³/mol. The summed E-state index contributed by atoms with van der Waals surface area (Å²) >= 11 is 6.01. The molecule has 0 saturated heterocycles. The molecule has 0 spiro atoms. The van der Waals surface area contributed by atoms with Crippen molar-refractivity contribution in [3.63, 3.8) is 0 Å². The summed E-state index contributed by atoms with van der Waals surface area (Å²) in [5.41, 5.74) is 0. The molecular formula is C8H10ClFSi. The van der Waals surface area contributed by atoms with Gasteiger partial charge in [0.1, 0.15) is 6.30 Å². The maximum Gasteiger partial charge on any atom is 0.215 e. The maximum atomic E-state index is 12.4. The van der Waals surface area contributed by atoms with E-state index in [1.54, 1.807) is 0 Å². The first-order valence-electron chi connectivity index (χ1n) is 3.47. The van der Waals surface area contributed by atoms with Crippen molar-refractivity contribution in [3.05, 3.63) is 30.3 Å². The lowest BCUT2D eigenvalue weighted by Crippen LogP contribution is -2.41. The maximum absolute atomic E-state index is 12.4. The summed E-state index contributed by atoms with van der Waals surface area (Å²) < 4.78 is 12.4. The van der Waals surface area contributed by atoms with E-state index < -0.39 is 13.7 Å². The molecule has 0 aliphatic carbocycles. The Morgan fingerprint density at radius 1 is 1.36 bits per heavy atom. The fourth-order valence-corrected chi connectivity index (χ4v) is 2.28. The highest BCUT2D eigenvalue weighted by atomic mass is 35.6. The second-order valence-electron chi connectivity index (χ2n) is 2.70. The van der Waals surface area contributed by atoms with Gasteiger partial charge in [-0.15, -0.1) is 0 Å². The first-order valence-corrected chi connectivity index (χ1v) is 7.19. The summed E-state index contributed by atoms with van der Waals surface area (Å²) in [6, 6.07) is 9.46. The molecule has 60 valence electrons. The Hall–Kier alpha value is -0.343. The Bertz CT molecular complexity index is 223. The molecule has 1 aromatic rings. The zero-order chi connectivity index (χ0) is 8.32. The van der Waals surface area contributed by atoms with Crippen LogP contribution in [0, 0.1) is 0 Å². The summed E-state index contributed by atoms with van der Waals surface area (Å²) in [5.74, 6) is 0. The molecule has 0 N–H and O–H groups in total. The van der Waals surface area contributed by atoms with E-state index in [4.69, 9.17) is 11.1 Å². The Balaban J connectivity index is 2.93. The van der Waals surface area contributed by atoms with Crippen LogP contribution in [-0.4, -0.2) is 13.7 Å². The molecule has 1 rings (SSSR count).